The van der Waals surface area contributed by atoms with Crippen molar-refractivity contribution in [2.24, 2.45) is 0 Å². The minimum atomic E-state index is -4.09. The van der Waals surface area contributed by atoms with Crippen LogP contribution in [0.2, 0.25) is 5.02 Å². The number of rotatable bonds is 7. The highest BCUT2D eigenvalue weighted by molar-refractivity contribution is 7.92. The lowest BCUT2D eigenvalue weighted by Crippen LogP contribution is -2.38. The molecule has 4 rings (SSSR count). The van der Waals surface area contributed by atoms with Crippen LogP contribution in [0.1, 0.15) is 39.2 Å². The van der Waals surface area contributed by atoms with Crippen molar-refractivity contribution in [3.05, 3.63) is 75.1 Å². The number of methoxy groups -OCH3 is 1. The van der Waals surface area contributed by atoms with E-state index >= 15 is 0 Å². The molecule has 3 aromatic rings. The third kappa shape index (κ3) is 5.22. The fraction of sp³-hybridized carbons (Fsp3) is 0.280. The number of para-hydroxylation sites is 1. The van der Waals surface area contributed by atoms with Crippen molar-refractivity contribution in [1.29, 1.82) is 0 Å². The number of nitrogens with one attached hydrogen (secondary N) is 1. The third-order valence-corrected chi connectivity index (χ3v) is 9.12. The van der Waals surface area contributed by atoms with Crippen LogP contribution >= 0.6 is 22.9 Å². The van der Waals surface area contributed by atoms with Crippen molar-refractivity contribution in [2.45, 2.75) is 37.5 Å². The van der Waals surface area contributed by atoms with Crippen LogP contribution in [0, 0.1) is 6.92 Å². The molecule has 1 amide bonds. The first-order chi connectivity index (χ1) is 16.7. The van der Waals surface area contributed by atoms with Crippen molar-refractivity contribution in [2.75, 3.05) is 23.3 Å². The fourth-order valence-corrected chi connectivity index (χ4v) is 7.05. The predicted octanol–water partition coefficient (Wildman–Crippen LogP) is 5.21. The molecular formula is C25H25ClN2O5S2. The molecule has 35 heavy (non-hydrogen) atoms. The standard InChI is InChI=1S/C25H25ClN2O5S2/c1-16-7-3-5-9-20(16)28(35(31,32)18-13-11-17(26)12-14-18)15-22(29)27-24-23(25(30)33-2)19-8-4-6-10-21(19)34-24/h3,5,7,9,11-14H,4,6,8,10,15H2,1-2H3,(H,27,29). The number of fused-ring (bicyclic) bond motifs is 1. The number of benzene rings is 2. The highest BCUT2D eigenvalue weighted by Crippen LogP contribution is 2.38. The van der Waals surface area contributed by atoms with Gasteiger partial charge in [-0.05, 0) is 74.1 Å². The molecule has 0 aliphatic heterocycles. The Morgan fingerprint density at radius 1 is 1.09 bits per heavy atom. The zero-order valence-electron chi connectivity index (χ0n) is 19.3. The Bertz CT molecular complexity index is 1370. The molecule has 0 saturated heterocycles. The number of nitrogens with zero attached hydrogens (tertiary/aromatic N) is 1. The van der Waals surface area contributed by atoms with Crippen LogP contribution in [0.5, 0.6) is 0 Å². The molecule has 0 radical (unpaired) electrons. The number of hydrogen-bond donors (Lipinski definition) is 1. The number of anilines is 2. The Balaban J connectivity index is 1.69. The largest absolute Gasteiger partial charge is 0.465 e. The van der Waals surface area contributed by atoms with Crippen LogP contribution in [0.15, 0.2) is 53.4 Å². The average Bonchev–Trinajstić information content (AvgIpc) is 3.20. The van der Waals surface area contributed by atoms with E-state index in [1.54, 1.807) is 31.2 Å². The fourth-order valence-electron chi connectivity index (χ4n) is 4.15. The molecule has 1 aromatic heterocycles. The van der Waals surface area contributed by atoms with E-state index < -0.39 is 28.4 Å². The topological polar surface area (TPSA) is 92.8 Å². The van der Waals surface area contributed by atoms with Gasteiger partial charge < -0.3 is 10.1 Å². The quantitative estimate of drug-likeness (QED) is 0.422. The molecular weight excluding hydrogens is 508 g/mol. The van der Waals surface area contributed by atoms with Crippen molar-refractivity contribution in [3.8, 4) is 0 Å². The lowest BCUT2D eigenvalue weighted by atomic mass is 9.95. The predicted molar refractivity (Wildman–Crippen MR) is 138 cm³/mol. The van der Waals surface area contributed by atoms with Gasteiger partial charge in [0.05, 0.1) is 23.3 Å². The summed E-state index contributed by atoms with van der Waals surface area (Å²) in [5, 5.41) is 3.58. The average molecular weight is 533 g/mol. The van der Waals surface area contributed by atoms with E-state index in [1.807, 2.05) is 0 Å². The van der Waals surface area contributed by atoms with E-state index in [9.17, 15) is 18.0 Å². The van der Waals surface area contributed by atoms with Crippen LogP contribution in [-0.2, 0) is 32.4 Å². The van der Waals surface area contributed by atoms with Gasteiger partial charge in [0.25, 0.3) is 10.0 Å². The van der Waals surface area contributed by atoms with Gasteiger partial charge in [-0.15, -0.1) is 11.3 Å². The van der Waals surface area contributed by atoms with Crippen molar-refractivity contribution < 1.29 is 22.7 Å². The molecule has 1 N–H and O–H groups in total. The Morgan fingerprint density at radius 2 is 1.77 bits per heavy atom. The highest BCUT2D eigenvalue weighted by atomic mass is 35.5. The summed E-state index contributed by atoms with van der Waals surface area (Å²) in [6, 6.07) is 12.7. The summed E-state index contributed by atoms with van der Waals surface area (Å²) in [4.78, 5) is 26.8. The summed E-state index contributed by atoms with van der Waals surface area (Å²) in [5.41, 5.74) is 2.35. The van der Waals surface area contributed by atoms with Gasteiger partial charge >= 0.3 is 5.97 Å². The molecule has 0 unspecified atom stereocenters. The van der Waals surface area contributed by atoms with Crippen LogP contribution in [0.4, 0.5) is 10.7 Å². The number of thiophene rings is 1. The third-order valence-electron chi connectivity index (χ3n) is 5.89. The van der Waals surface area contributed by atoms with Gasteiger partial charge in [-0.25, -0.2) is 13.2 Å². The van der Waals surface area contributed by atoms with Gasteiger partial charge in [-0.1, -0.05) is 29.8 Å². The molecule has 0 fully saturated rings. The monoisotopic (exact) mass is 532 g/mol. The number of halogens is 1. The van der Waals surface area contributed by atoms with Gasteiger partial charge in [0.2, 0.25) is 5.91 Å². The summed E-state index contributed by atoms with van der Waals surface area (Å²) >= 11 is 7.29. The number of esters is 1. The molecule has 7 nitrogen and oxygen atoms in total. The molecule has 2 aromatic carbocycles. The van der Waals surface area contributed by atoms with Gasteiger partial charge in [0, 0.05) is 9.90 Å². The summed E-state index contributed by atoms with van der Waals surface area (Å²) in [5.74, 6) is -1.07. The SMILES string of the molecule is COC(=O)c1c(NC(=O)CN(c2ccccc2C)S(=O)(=O)c2ccc(Cl)cc2)sc2c1CCCC2. The molecule has 184 valence electrons. The second kappa shape index (κ2) is 10.4. The highest BCUT2D eigenvalue weighted by Gasteiger charge is 2.31. The first-order valence-corrected chi connectivity index (χ1v) is 13.7. The Kier molecular flexibility index (Phi) is 7.49. The molecule has 1 heterocycles. The van der Waals surface area contributed by atoms with E-state index in [4.69, 9.17) is 16.3 Å². The zero-order valence-corrected chi connectivity index (χ0v) is 21.7. The maximum Gasteiger partial charge on any atom is 0.341 e. The van der Waals surface area contributed by atoms with Gasteiger partial charge in [0.15, 0.2) is 0 Å². The second-order valence-electron chi connectivity index (χ2n) is 8.21. The number of amides is 1. The summed E-state index contributed by atoms with van der Waals surface area (Å²) in [6.07, 6.45) is 3.55. The Labute approximate surface area is 213 Å². The Morgan fingerprint density at radius 3 is 2.46 bits per heavy atom. The van der Waals surface area contributed by atoms with Gasteiger partial charge in [-0.3, -0.25) is 9.10 Å². The molecule has 0 spiro atoms. The molecule has 1 aliphatic rings. The lowest BCUT2D eigenvalue weighted by Gasteiger charge is -2.25. The van der Waals surface area contributed by atoms with Crippen molar-refractivity contribution in [1.82, 2.24) is 0 Å². The minimum absolute atomic E-state index is 0.0137. The van der Waals surface area contributed by atoms with Crippen LogP contribution in [0.25, 0.3) is 0 Å². The Hall–Kier alpha value is -2.88. The number of carbonyl (C=O) groups is 2. The van der Waals surface area contributed by atoms with Crippen molar-refractivity contribution in [3.63, 3.8) is 0 Å². The number of hydrogen-bond acceptors (Lipinski definition) is 6. The molecule has 10 heteroatoms. The van der Waals surface area contributed by atoms with E-state index in [0.29, 0.717) is 26.8 Å². The van der Waals surface area contributed by atoms with Crippen LogP contribution in [0.3, 0.4) is 0 Å². The van der Waals surface area contributed by atoms with E-state index in [2.05, 4.69) is 5.32 Å². The maximum atomic E-state index is 13.6. The lowest BCUT2D eigenvalue weighted by molar-refractivity contribution is -0.114. The zero-order chi connectivity index (χ0) is 25.2. The van der Waals surface area contributed by atoms with E-state index in [0.717, 1.165) is 40.4 Å². The molecule has 0 bridgehead atoms. The van der Waals surface area contributed by atoms with Crippen LogP contribution < -0.4 is 9.62 Å². The van der Waals surface area contributed by atoms with Crippen LogP contribution in [-0.4, -0.2) is 33.9 Å². The first-order valence-electron chi connectivity index (χ1n) is 11.1. The number of aryl methyl sites for hydroxylation is 2. The summed E-state index contributed by atoms with van der Waals surface area (Å²) in [6.45, 7) is 1.30. The molecule has 1 aliphatic carbocycles. The van der Waals surface area contributed by atoms with Crippen molar-refractivity contribution >= 4 is 55.5 Å². The second-order valence-corrected chi connectivity index (χ2v) is 11.6. The summed E-state index contributed by atoms with van der Waals surface area (Å²) in [7, 11) is -2.78. The maximum absolute atomic E-state index is 13.6. The first kappa shape index (κ1) is 25.2. The number of ether oxygens (including phenoxy) is 1. The number of sulfonamides is 1. The minimum Gasteiger partial charge on any atom is -0.465 e. The van der Waals surface area contributed by atoms with E-state index in [-0.39, 0.29) is 4.90 Å². The smallest absolute Gasteiger partial charge is 0.341 e. The van der Waals surface area contributed by atoms with E-state index in [1.165, 1.54) is 42.7 Å². The summed E-state index contributed by atoms with van der Waals surface area (Å²) < 4.78 is 33.2. The molecule has 0 atom stereocenters. The van der Waals surface area contributed by atoms with Gasteiger partial charge in [0.1, 0.15) is 11.5 Å². The number of carbonyl (C=O) groups excluding carboxylic acids is 2. The molecule has 0 saturated carbocycles. The van der Waals surface area contributed by atoms with Gasteiger partial charge in [-0.2, -0.15) is 0 Å². The normalized spacial score (nSPS) is 13.1.